The first-order chi connectivity index (χ1) is 15.5. The first-order valence-corrected chi connectivity index (χ1v) is 12.3. The number of amides is 2. The Morgan fingerprint density at radius 1 is 1.16 bits per heavy atom. The van der Waals surface area contributed by atoms with E-state index >= 15 is 0 Å². The van der Waals surface area contributed by atoms with Gasteiger partial charge in [0.25, 0.3) is 0 Å². The van der Waals surface area contributed by atoms with Crippen molar-refractivity contribution < 1.29 is 18.7 Å². The number of hydrogen-bond acceptors (Lipinski definition) is 6. The lowest BCUT2D eigenvalue weighted by atomic mass is 10.1. The second-order valence-electron chi connectivity index (χ2n) is 8.16. The van der Waals surface area contributed by atoms with Gasteiger partial charge in [0.1, 0.15) is 11.5 Å². The molecule has 1 heterocycles. The minimum Gasteiger partial charge on any atom is -0.464 e. The Balaban J connectivity index is 1.23. The van der Waals surface area contributed by atoms with Gasteiger partial charge >= 0.3 is 6.03 Å². The predicted octanol–water partition coefficient (Wildman–Crippen LogP) is 3.73. The number of urea groups is 1. The van der Waals surface area contributed by atoms with E-state index in [1.54, 1.807) is 18.9 Å². The highest BCUT2D eigenvalue weighted by molar-refractivity contribution is 7.98. The minimum atomic E-state index is -0.655. The fourth-order valence-electron chi connectivity index (χ4n) is 3.84. The van der Waals surface area contributed by atoms with Crippen LogP contribution in [0.3, 0.4) is 0 Å². The van der Waals surface area contributed by atoms with Crippen LogP contribution in [-0.2, 0) is 34.0 Å². The van der Waals surface area contributed by atoms with E-state index in [-0.39, 0.29) is 6.03 Å². The lowest BCUT2D eigenvalue weighted by Gasteiger charge is -2.29. The Kier molecular flexibility index (Phi) is 9.47. The Labute approximate surface area is 195 Å². The lowest BCUT2D eigenvalue weighted by Crippen LogP contribution is -2.38. The van der Waals surface area contributed by atoms with Gasteiger partial charge in [-0.15, -0.1) is 0 Å². The van der Waals surface area contributed by atoms with Crippen LogP contribution >= 0.6 is 11.8 Å². The van der Waals surface area contributed by atoms with Crippen LogP contribution in [0, 0.1) is 0 Å². The van der Waals surface area contributed by atoms with E-state index in [2.05, 4.69) is 27.7 Å². The fourth-order valence-corrected chi connectivity index (χ4v) is 4.59. The van der Waals surface area contributed by atoms with Crippen LogP contribution in [0.4, 0.5) is 4.79 Å². The largest absolute Gasteiger partial charge is 0.464 e. The van der Waals surface area contributed by atoms with Gasteiger partial charge in [0, 0.05) is 37.9 Å². The number of aryl methyl sites for hydroxylation is 1. The van der Waals surface area contributed by atoms with E-state index in [1.807, 2.05) is 38.4 Å². The van der Waals surface area contributed by atoms with E-state index in [9.17, 15) is 4.79 Å². The molecule has 1 atom stereocenters. The number of methoxy groups -OCH3 is 1. The average Bonchev–Trinajstić information content (AvgIpc) is 3.38. The number of furan rings is 1. The molecule has 176 valence electrons. The van der Waals surface area contributed by atoms with E-state index in [1.165, 1.54) is 5.56 Å². The molecule has 7 nitrogen and oxygen atoms in total. The second-order valence-corrected chi connectivity index (χ2v) is 9.26. The van der Waals surface area contributed by atoms with Gasteiger partial charge < -0.3 is 29.4 Å². The number of carbonyl (C=O) groups excluding carboxylic acids is 1. The molecule has 2 amide bonds. The maximum atomic E-state index is 12.0. The van der Waals surface area contributed by atoms with Gasteiger partial charge in [0.15, 0.2) is 5.79 Å². The second kappa shape index (κ2) is 12.3. The molecule has 2 N–H and O–H groups in total. The van der Waals surface area contributed by atoms with Crippen molar-refractivity contribution in [3.05, 3.63) is 59.0 Å². The molecule has 2 aromatic rings. The molecule has 1 aliphatic carbocycles. The van der Waals surface area contributed by atoms with Gasteiger partial charge in [-0.05, 0) is 44.6 Å². The first-order valence-electron chi connectivity index (χ1n) is 11.1. The molecule has 0 bridgehead atoms. The molecule has 8 heteroatoms. The van der Waals surface area contributed by atoms with E-state index in [4.69, 9.17) is 13.9 Å². The maximum absolute atomic E-state index is 12.0. The van der Waals surface area contributed by atoms with Crippen molar-refractivity contribution in [2.45, 2.75) is 37.3 Å². The zero-order chi connectivity index (χ0) is 22.8. The molecule has 32 heavy (non-hydrogen) atoms. The van der Waals surface area contributed by atoms with Crippen molar-refractivity contribution in [3.8, 4) is 0 Å². The van der Waals surface area contributed by atoms with Gasteiger partial charge in [0.05, 0.1) is 18.9 Å². The molecular formula is C24H35N3O4S. The molecule has 0 radical (unpaired) electrons. The van der Waals surface area contributed by atoms with Gasteiger partial charge in [-0.25, -0.2) is 4.79 Å². The number of thioether (sulfide) groups is 1. The average molecular weight is 462 g/mol. The van der Waals surface area contributed by atoms with Gasteiger partial charge in [0.2, 0.25) is 0 Å². The number of rotatable bonds is 13. The van der Waals surface area contributed by atoms with Gasteiger partial charge in [-0.3, -0.25) is 0 Å². The van der Waals surface area contributed by atoms with Crippen molar-refractivity contribution in [3.63, 3.8) is 0 Å². The maximum Gasteiger partial charge on any atom is 0.314 e. The molecule has 0 saturated heterocycles. The number of carbonyl (C=O) groups is 1. The Hall–Kier alpha value is -2.00. The van der Waals surface area contributed by atoms with Crippen molar-refractivity contribution in [2.24, 2.45) is 0 Å². The van der Waals surface area contributed by atoms with Crippen LogP contribution in [0.15, 0.2) is 40.8 Å². The highest BCUT2D eigenvalue weighted by atomic mass is 32.2. The third-order valence-corrected chi connectivity index (χ3v) is 6.37. The number of hydrogen-bond donors (Lipinski definition) is 2. The molecular weight excluding hydrogens is 426 g/mol. The number of ether oxygens (including phenoxy) is 2. The minimum absolute atomic E-state index is 0.149. The molecule has 0 saturated carbocycles. The number of benzene rings is 1. The summed E-state index contributed by atoms with van der Waals surface area (Å²) in [6.45, 7) is 2.50. The van der Waals surface area contributed by atoms with Crippen LogP contribution < -0.4 is 10.6 Å². The lowest BCUT2D eigenvalue weighted by molar-refractivity contribution is -0.230. The third-order valence-electron chi connectivity index (χ3n) is 5.39. The van der Waals surface area contributed by atoms with E-state index in [0.29, 0.717) is 19.7 Å². The van der Waals surface area contributed by atoms with E-state index in [0.717, 1.165) is 54.4 Å². The quantitative estimate of drug-likeness (QED) is 0.350. The highest BCUT2D eigenvalue weighted by Crippen LogP contribution is 2.40. The van der Waals surface area contributed by atoms with Gasteiger partial charge in [-0.1, -0.05) is 24.3 Å². The molecule has 0 spiro atoms. The molecule has 3 rings (SSSR count). The summed E-state index contributed by atoms with van der Waals surface area (Å²) >= 11 is 1.74. The predicted molar refractivity (Wildman–Crippen MR) is 128 cm³/mol. The van der Waals surface area contributed by atoms with Crippen molar-refractivity contribution in [2.75, 3.05) is 46.7 Å². The number of nitrogens with zero attached hydrogens (tertiary/aromatic N) is 1. The summed E-state index contributed by atoms with van der Waals surface area (Å²) in [5, 5.41) is 5.77. The van der Waals surface area contributed by atoms with Crippen molar-refractivity contribution in [1.29, 1.82) is 0 Å². The standard InChI is InChI=1S/C24H35N3O4S/c1-27(2)17-20-9-10-21(31-20)18-32-16-14-26-23(28)25-13-6-15-30-24(29-3)12-11-19-7-4-5-8-22(19)24/h4-5,7-10H,6,11-18H2,1-3H3,(H2,25,26,28). The zero-order valence-corrected chi connectivity index (χ0v) is 20.1. The van der Waals surface area contributed by atoms with Crippen LogP contribution in [0.2, 0.25) is 0 Å². The topological polar surface area (TPSA) is 76.0 Å². The Morgan fingerprint density at radius 2 is 1.94 bits per heavy atom. The Morgan fingerprint density at radius 3 is 2.75 bits per heavy atom. The van der Waals surface area contributed by atoms with Crippen molar-refractivity contribution >= 4 is 17.8 Å². The first kappa shape index (κ1) is 24.6. The summed E-state index contributed by atoms with van der Waals surface area (Å²) in [7, 11) is 5.73. The summed E-state index contributed by atoms with van der Waals surface area (Å²) < 4.78 is 17.6. The molecule has 0 aliphatic heterocycles. The van der Waals surface area contributed by atoms with Crippen LogP contribution in [-0.4, -0.2) is 57.6 Å². The Bertz CT molecular complexity index is 857. The zero-order valence-electron chi connectivity index (χ0n) is 19.3. The fraction of sp³-hybridized carbons (Fsp3) is 0.542. The summed E-state index contributed by atoms with van der Waals surface area (Å²) in [5.74, 6) is 2.92. The number of fused-ring (bicyclic) bond motifs is 1. The summed E-state index contributed by atoms with van der Waals surface area (Å²) in [4.78, 5) is 14.0. The third kappa shape index (κ3) is 7.00. The van der Waals surface area contributed by atoms with Gasteiger partial charge in [-0.2, -0.15) is 11.8 Å². The monoisotopic (exact) mass is 461 g/mol. The molecule has 1 unspecified atom stereocenters. The summed E-state index contributed by atoms with van der Waals surface area (Å²) in [5.41, 5.74) is 2.40. The highest BCUT2D eigenvalue weighted by Gasteiger charge is 2.39. The van der Waals surface area contributed by atoms with Crippen LogP contribution in [0.25, 0.3) is 0 Å². The molecule has 0 fully saturated rings. The molecule has 1 aliphatic rings. The van der Waals surface area contributed by atoms with Crippen LogP contribution in [0.5, 0.6) is 0 Å². The smallest absolute Gasteiger partial charge is 0.314 e. The van der Waals surface area contributed by atoms with E-state index < -0.39 is 5.79 Å². The summed E-state index contributed by atoms with van der Waals surface area (Å²) in [6, 6.07) is 12.2. The SMILES string of the molecule is COC1(OCCCNC(=O)NCCSCc2ccc(CN(C)C)o2)CCc2ccccc21. The molecule has 1 aromatic heterocycles. The van der Waals surface area contributed by atoms with Crippen molar-refractivity contribution in [1.82, 2.24) is 15.5 Å². The number of nitrogens with one attached hydrogen (secondary N) is 2. The van der Waals surface area contributed by atoms with Crippen LogP contribution in [0.1, 0.15) is 35.5 Å². The normalized spacial score (nSPS) is 17.5. The molecule has 1 aromatic carbocycles. The summed E-state index contributed by atoms with van der Waals surface area (Å²) in [6.07, 6.45) is 2.51.